The molecule has 1 amide bonds. The molecule has 1 aliphatic heterocycles. The minimum absolute atomic E-state index is 0.0817. The molecular weight excluding hydrogens is 594 g/mol. The van der Waals surface area contributed by atoms with Crippen molar-refractivity contribution in [1.82, 2.24) is 29.7 Å². The summed E-state index contributed by atoms with van der Waals surface area (Å²) >= 11 is 0. The van der Waals surface area contributed by atoms with E-state index >= 15 is 0 Å². The number of hydrogen-bond donors (Lipinski definition) is 2. The molecule has 6 rings (SSSR count). The number of aromatic amines is 2. The summed E-state index contributed by atoms with van der Waals surface area (Å²) in [5, 5.41) is 0. The van der Waals surface area contributed by atoms with Crippen LogP contribution in [0, 0.1) is 0 Å². The predicted octanol–water partition coefficient (Wildman–Crippen LogP) is 5.48. The van der Waals surface area contributed by atoms with Gasteiger partial charge in [0.2, 0.25) is 5.91 Å². The minimum atomic E-state index is -0.607. The Morgan fingerprint density at radius 1 is 0.915 bits per heavy atom. The second-order valence-corrected chi connectivity index (χ2v) is 12.2. The van der Waals surface area contributed by atoms with Gasteiger partial charge in [-0.15, -0.1) is 0 Å². The molecule has 0 unspecified atom stereocenters. The number of likely N-dealkylation sites (N-methyl/N-ethyl adjacent to an activating group) is 1. The molecule has 3 aromatic carbocycles. The molecule has 2 aromatic heterocycles. The Bertz CT molecular complexity index is 1860. The van der Waals surface area contributed by atoms with Crippen LogP contribution in [0.15, 0.2) is 60.7 Å². The number of carbonyl (C=O) groups is 2. The first kappa shape index (κ1) is 32.1. The molecule has 2 N–H and O–H groups in total. The number of amides is 1. The Balaban J connectivity index is 1.10. The second-order valence-electron chi connectivity index (χ2n) is 12.2. The first-order valence-corrected chi connectivity index (χ1v) is 16.4. The number of esters is 1. The standard InChI is InChI=1S/C36H43N7O4/c1-5-15-43(24(2)36(45)46-4)33(44)10-7-20-47-28-9-6-8-25(21-28)34-37-29-13-11-26(22-31(29)39-34)35-38-30-14-12-27(23-32(30)40-35)42-18-16-41(3)17-19-42/h6,8-9,11-14,21-24H,5,7,10,15-20H2,1-4H3,(H,37,39)(H,38,40)/t24-/m1/s1. The number of methoxy groups -OCH3 is 1. The molecule has 0 aliphatic carbocycles. The Kier molecular flexibility index (Phi) is 9.72. The van der Waals surface area contributed by atoms with Gasteiger partial charge in [-0.1, -0.05) is 19.1 Å². The van der Waals surface area contributed by atoms with Gasteiger partial charge in [0, 0.05) is 56.0 Å². The Morgan fingerprint density at radius 3 is 2.43 bits per heavy atom. The van der Waals surface area contributed by atoms with Crippen LogP contribution in [0.1, 0.15) is 33.1 Å². The number of imidazole rings is 2. The van der Waals surface area contributed by atoms with Gasteiger partial charge < -0.3 is 34.1 Å². The fourth-order valence-corrected chi connectivity index (χ4v) is 6.05. The van der Waals surface area contributed by atoms with Gasteiger partial charge in [0.05, 0.1) is 35.8 Å². The van der Waals surface area contributed by atoms with Gasteiger partial charge in [0.15, 0.2) is 0 Å². The van der Waals surface area contributed by atoms with E-state index in [1.54, 1.807) is 11.8 Å². The highest BCUT2D eigenvalue weighted by Crippen LogP contribution is 2.29. The smallest absolute Gasteiger partial charge is 0.328 e. The van der Waals surface area contributed by atoms with E-state index in [-0.39, 0.29) is 12.3 Å². The molecule has 246 valence electrons. The fourth-order valence-electron chi connectivity index (χ4n) is 6.05. The summed E-state index contributed by atoms with van der Waals surface area (Å²) in [5.41, 5.74) is 6.84. The van der Waals surface area contributed by atoms with Crippen molar-refractivity contribution < 1.29 is 19.1 Å². The first-order valence-electron chi connectivity index (χ1n) is 16.4. The summed E-state index contributed by atoms with van der Waals surface area (Å²) in [6, 6.07) is 19.7. The van der Waals surface area contributed by atoms with Gasteiger partial charge >= 0.3 is 5.97 Å². The molecule has 0 spiro atoms. The maximum atomic E-state index is 12.8. The summed E-state index contributed by atoms with van der Waals surface area (Å²) < 4.78 is 10.8. The van der Waals surface area contributed by atoms with E-state index < -0.39 is 12.0 Å². The third kappa shape index (κ3) is 7.25. The third-order valence-electron chi connectivity index (χ3n) is 8.80. The predicted molar refractivity (Wildman–Crippen MR) is 185 cm³/mol. The van der Waals surface area contributed by atoms with Crippen molar-refractivity contribution in [2.75, 3.05) is 58.4 Å². The highest BCUT2D eigenvalue weighted by atomic mass is 16.5. The van der Waals surface area contributed by atoms with Crippen LogP contribution >= 0.6 is 0 Å². The molecular formula is C36H43N7O4. The van der Waals surface area contributed by atoms with Crippen LogP contribution in [-0.4, -0.2) is 101 Å². The summed E-state index contributed by atoms with van der Waals surface area (Å²) in [5.74, 6) is 1.77. The topological polar surface area (TPSA) is 120 Å². The molecule has 1 fully saturated rings. The highest BCUT2D eigenvalue weighted by Gasteiger charge is 2.25. The second kappa shape index (κ2) is 14.3. The number of fused-ring (bicyclic) bond motifs is 2. The zero-order valence-electron chi connectivity index (χ0n) is 27.6. The quantitative estimate of drug-likeness (QED) is 0.136. The average Bonchev–Trinajstić information content (AvgIpc) is 3.73. The molecule has 11 nitrogen and oxygen atoms in total. The van der Waals surface area contributed by atoms with Crippen LogP contribution in [0.4, 0.5) is 5.69 Å². The molecule has 3 heterocycles. The van der Waals surface area contributed by atoms with Crippen molar-refractivity contribution >= 4 is 39.6 Å². The van der Waals surface area contributed by atoms with Gasteiger partial charge in [-0.25, -0.2) is 14.8 Å². The van der Waals surface area contributed by atoms with Gasteiger partial charge in [-0.3, -0.25) is 4.79 Å². The Morgan fingerprint density at radius 2 is 1.66 bits per heavy atom. The van der Waals surface area contributed by atoms with E-state index in [1.807, 2.05) is 43.3 Å². The van der Waals surface area contributed by atoms with E-state index in [1.165, 1.54) is 12.8 Å². The molecule has 0 saturated carbocycles. The van der Waals surface area contributed by atoms with Crippen LogP contribution in [-0.2, 0) is 14.3 Å². The number of ether oxygens (including phenoxy) is 2. The summed E-state index contributed by atoms with van der Waals surface area (Å²) in [6.45, 7) is 8.72. The number of hydrogen-bond acceptors (Lipinski definition) is 8. The fraction of sp³-hybridized carbons (Fsp3) is 0.389. The van der Waals surface area contributed by atoms with Crippen molar-refractivity contribution in [3.05, 3.63) is 60.7 Å². The molecule has 1 aliphatic rings. The van der Waals surface area contributed by atoms with Crippen LogP contribution in [0.5, 0.6) is 5.75 Å². The lowest BCUT2D eigenvalue weighted by molar-refractivity contribution is -0.152. The Labute approximate surface area is 274 Å². The number of rotatable bonds is 12. The van der Waals surface area contributed by atoms with E-state index in [9.17, 15) is 9.59 Å². The van der Waals surface area contributed by atoms with E-state index in [2.05, 4.69) is 51.1 Å². The van der Waals surface area contributed by atoms with E-state index in [4.69, 9.17) is 19.4 Å². The summed E-state index contributed by atoms with van der Waals surface area (Å²) in [6.07, 6.45) is 1.58. The molecule has 0 bridgehead atoms. The first-order chi connectivity index (χ1) is 22.8. The number of benzene rings is 3. The monoisotopic (exact) mass is 637 g/mol. The van der Waals surface area contributed by atoms with Crippen molar-refractivity contribution in [3.63, 3.8) is 0 Å². The van der Waals surface area contributed by atoms with Crippen LogP contribution in [0.2, 0.25) is 0 Å². The van der Waals surface area contributed by atoms with Crippen molar-refractivity contribution in [3.8, 4) is 28.5 Å². The van der Waals surface area contributed by atoms with Gasteiger partial charge in [-0.05, 0) is 75.3 Å². The lowest BCUT2D eigenvalue weighted by atomic mass is 10.2. The normalized spacial score (nSPS) is 14.4. The lowest BCUT2D eigenvalue weighted by Crippen LogP contribution is -2.44. The number of nitrogens with one attached hydrogen (secondary N) is 2. The minimum Gasteiger partial charge on any atom is -0.494 e. The number of H-pyrrole nitrogens is 2. The summed E-state index contributed by atoms with van der Waals surface area (Å²) in [4.78, 5) is 47.9. The number of carbonyl (C=O) groups excluding carboxylic acids is 2. The zero-order chi connectivity index (χ0) is 32.9. The van der Waals surface area contributed by atoms with Crippen molar-refractivity contribution in [2.24, 2.45) is 0 Å². The van der Waals surface area contributed by atoms with Gasteiger partial charge in [0.1, 0.15) is 23.4 Å². The molecule has 5 aromatic rings. The molecule has 0 radical (unpaired) electrons. The van der Waals surface area contributed by atoms with Gasteiger partial charge in [-0.2, -0.15) is 0 Å². The molecule has 1 saturated heterocycles. The van der Waals surface area contributed by atoms with E-state index in [0.29, 0.717) is 25.3 Å². The number of nitrogens with zero attached hydrogens (tertiary/aromatic N) is 5. The maximum Gasteiger partial charge on any atom is 0.328 e. The summed E-state index contributed by atoms with van der Waals surface area (Å²) in [7, 11) is 3.50. The molecule has 1 atom stereocenters. The van der Waals surface area contributed by atoms with Crippen LogP contribution in [0.25, 0.3) is 44.8 Å². The molecule has 11 heteroatoms. The highest BCUT2D eigenvalue weighted by molar-refractivity contribution is 5.87. The average molecular weight is 638 g/mol. The number of aromatic nitrogens is 4. The molecule has 47 heavy (non-hydrogen) atoms. The van der Waals surface area contributed by atoms with Crippen LogP contribution in [0.3, 0.4) is 0 Å². The van der Waals surface area contributed by atoms with E-state index in [0.717, 1.165) is 77.4 Å². The van der Waals surface area contributed by atoms with Crippen molar-refractivity contribution in [1.29, 1.82) is 0 Å². The third-order valence-corrected chi connectivity index (χ3v) is 8.80. The zero-order valence-corrected chi connectivity index (χ0v) is 27.6. The lowest BCUT2D eigenvalue weighted by Gasteiger charge is -2.34. The number of anilines is 1. The number of piperazine rings is 1. The largest absolute Gasteiger partial charge is 0.494 e. The van der Waals surface area contributed by atoms with Crippen molar-refractivity contribution in [2.45, 2.75) is 39.2 Å². The maximum absolute atomic E-state index is 12.8. The SMILES string of the molecule is CCCN(C(=O)CCCOc1cccc(-c2nc3ccc(-c4nc5cc(N6CCN(C)CC6)ccc5[nH]4)cc3[nH]2)c1)[C@H](C)C(=O)OC. The van der Waals surface area contributed by atoms with Gasteiger partial charge in [0.25, 0.3) is 0 Å². The van der Waals surface area contributed by atoms with Crippen LogP contribution < -0.4 is 9.64 Å². The Hall–Kier alpha value is -4.90.